The molecule has 0 atom stereocenters. The highest BCUT2D eigenvalue weighted by Gasteiger charge is 2.23. The van der Waals surface area contributed by atoms with Crippen molar-refractivity contribution in [1.29, 1.82) is 10.5 Å². The van der Waals surface area contributed by atoms with Gasteiger partial charge in [-0.15, -0.1) is 0 Å². The summed E-state index contributed by atoms with van der Waals surface area (Å²) in [5.41, 5.74) is 7.76. The molecule has 162 valence electrons. The predicted octanol–water partition coefficient (Wildman–Crippen LogP) is 3.45. The summed E-state index contributed by atoms with van der Waals surface area (Å²) in [5, 5.41) is 19.7. The smallest absolute Gasteiger partial charge is 0.145 e. The molecule has 0 radical (unpaired) electrons. The number of allylic oxidation sites excluding steroid dienone is 4. The second-order valence-corrected chi connectivity index (χ2v) is 7.62. The highest BCUT2D eigenvalue weighted by atomic mass is 16.6. The first-order valence-corrected chi connectivity index (χ1v) is 10.3. The van der Waals surface area contributed by atoms with Crippen LogP contribution in [0.1, 0.15) is 25.3 Å². The lowest BCUT2D eigenvalue weighted by molar-refractivity contribution is -0.0796. The molecular formula is C24H27N3O4. The van der Waals surface area contributed by atoms with E-state index >= 15 is 0 Å². The molecule has 0 saturated carbocycles. The molecule has 31 heavy (non-hydrogen) atoms. The molecule has 7 heteroatoms. The van der Waals surface area contributed by atoms with E-state index in [0.29, 0.717) is 61.5 Å². The first-order valence-electron chi connectivity index (χ1n) is 10.3. The third kappa shape index (κ3) is 5.67. The van der Waals surface area contributed by atoms with Crippen molar-refractivity contribution in [2.75, 3.05) is 33.0 Å². The molecule has 2 aliphatic heterocycles. The van der Waals surface area contributed by atoms with Crippen LogP contribution in [0.4, 0.5) is 0 Å². The van der Waals surface area contributed by atoms with E-state index in [4.69, 9.17) is 24.7 Å². The van der Waals surface area contributed by atoms with Crippen LogP contribution in [0, 0.1) is 28.6 Å². The number of ether oxygens (including phenoxy) is 4. The molecule has 0 spiro atoms. The number of rotatable bonds is 8. The Balaban J connectivity index is 1.89. The van der Waals surface area contributed by atoms with Gasteiger partial charge in [0.05, 0.1) is 25.4 Å². The molecule has 1 aromatic carbocycles. The molecule has 3 rings (SSSR count). The number of hydrogen-bond acceptors (Lipinski definition) is 7. The van der Waals surface area contributed by atoms with Crippen molar-refractivity contribution >= 4 is 5.57 Å². The summed E-state index contributed by atoms with van der Waals surface area (Å²) in [5.74, 6) is 1.27. The minimum absolute atomic E-state index is 0.0507. The maximum atomic E-state index is 9.92. The summed E-state index contributed by atoms with van der Waals surface area (Å²) in [6, 6.07) is 11.5. The van der Waals surface area contributed by atoms with Crippen LogP contribution in [0.3, 0.4) is 0 Å². The molecular weight excluding hydrogens is 394 g/mol. The van der Waals surface area contributed by atoms with Crippen LogP contribution in [-0.4, -0.2) is 39.1 Å². The average Bonchev–Trinajstić information content (AvgIpc) is 2.76. The molecule has 0 amide bonds. The van der Waals surface area contributed by atoms with Crippen molar-refractivity contribution in [3.05, 3.63) is 59.0 Å². The van der Waals surface area contributed by atoms with E-state index in [1.54, 1.807) is 31.2 Å². The maximum Gasteiger partial charge on any atom is 0.145 e. The highest BCUT2D eigenvalue weighted by Crippen LogP contribution is 2.32. The summed E-state index contributed by atoms with van der Waals surface area (Å²) in [7, 11) is 0. The van der Waals surface area contributed by atoms with Gasteiger partial charge >= 0.3 is 0 Å². The van der Waals surface area contributed by atoms with Crippen molar-refractivity contribution < 1.29 is 18.9 Å². The quantitative estimate of drug-likeness (QED) is 0.389. The number of benzene rings is 1. The fourth-order valence-corrected chi connectivity index (χ4v) is 3.39. The second-order valence-electron chi connectivity index (χ2n) is 7.62. The first-order chi connectivity index (χ1) is 15.0. The molecule has 0 bridgehead atoms. The monoisotopic (exact) mass is 421 g/mol. The molecule has 2 fully saturated rings. The van der Waals surface area contributed by atoms with Crippen LogP contribution in [0.15, 0.2) is 53.4 Å². The number of hydrogen-bond donors (Lipinski definition) is 1. The van der Waals surface area contributed by atoms with E-state index < -0.39 is 0 Å². The van der Waals surface area contributed by atoms with Gasteiger partial charge in [-0.05, 0) is 43.4 Å². The van der Waals surface area contributed by atoms with Crippen molar-refractivity contribution in [1.82, 2.24) is 0 Å². The number of nitrogens with two attached hydrogens (primary N) is 1. The van der Waals surface area contributed by atoms with E-state index in [1.807, 2.05) is 0 Å². The Bertz CT molecular complexity index is 937. The lowest BCUT2D eigenvalue weighted by Crippen LogP contribution is -2.38. The van der Waals surface area contributed by atoms with Gasteiger partial charge in [-0.3, -0.25) is 0 Å². The molecule has 2 heterocycles. The Kier molecular flexibility index (Phi) is 7.72. The number of nitriles is 2. The SMILES string of the molecule is C=C(OCC1CCOCC1)/C(C#N)=C(\C(C#N)=C(\C)N)c1ccc(OC2COC2)cc1. The summed E-state index contributed by atoms with van der Waals surface area (Å²) in [6.45, 7) is 8.61. The van der Waals surface area contributed by atoms with Crippen LogP contribution in [0.2, 0.25) is 0 Å². The standard InChI is InChI=1S/C24H27N3O4/c1-16(27)22(11-25)24(19-3-5-20(6-4-19)31-21-14-29-15-21)23(12-26)17(2)30-13-18-7-9-28-10-8-18/h3-6,18,21H,2,7-10,13-15,27H2,1H3/b22-16-,24-23-. The molecule has 0 aliphatic carbocycles. The second kappa shape index (κ2) is 10.7. The van der Waals surface area contributed by atoms with Gasteiger partial charge in [0.25, 0.3) is 0 Å². The van der Waals surface area contributed by atoms with Crippen LogP contribution in [0.5, 0.6) is 5.75 Å². The zero-order valence-corrected chi connectivity index (χ0v) is 17.7. The predicted molar refractivity (Wildman–Crippen MR) is 115 cm³/mol. The topological polar surface area (TPSA) is 111 Å². The van der Waals surface area contributed by atoms with E-state index in [1.165, 1.54) is 0 Å². The maximum absolute atomic E-state index is 9.92. The zero-order valence-electron chi connectivity index (χ0n) is 17.7. The molecule has 0 aromatic heterocycles. The summed E-state index contributed by atoms with van der Waals surface area (Å²) in [6.07, 6.45) is 1.87. The molecule has 2 N–H and O–H groups in total. The van der Waals surface area contributed by atoms with E-state index in [2.05, 4.69) is 18.7 Å². The normalized spacial score (nSPS) is 18.5. The van der Waals surface area contributed by atoms with E-state index in [-0.39, 0.29) is 23.0 Å². The first kappa shape index (κ1) is 22.4. The Morgan fingerprint density at radius 3 is 2.26 bits per heavy atom. The van der Waals surface area contributed by atoms with Gasteiger partial charge in [0, 0.05) is 24.5 Å². The van der Waals surface area contributed by atoms with Gasteiger partial charge in [-0.2, -0.15) is 10.5 Å². The zero-order chi connectivity index (χ0) is 22.2. The highest BCUT2D eigenvalue weighted by molar-refractivity contribution is 5.89. The molecule has 0 unspecified atom stereocenters. The van der Waals surface area contributed by atoms with Crippen molar-refractivity contribution in [3.8, 4) is 17.9 Å². The fourth-order valence-electron chi connectivity index (χ4n) is 3.39. The summed E-state index contributed by atoms with van der Waals surface area (Å²) < 4.78 is 22.2. The van der Waals surface area contributed by atoms with Gasteiger partial charge in [0.2, 0.25) is 0 Å². The fraction of sp³-hybridized carbons (Fsp3) is 0.417. The lowest BCUT2D eigenvalue weighted by Gasteiger charge is -2.26. The van der Waals surface area contributed by atoms with Crippen molar-refractivity contribution in [2.24, 2.45) is 11.7 Å². The Morgan fingerprint density at radius 1 is 1.10 bits per heavy atom. The van der Waals surface area contributed by atoms with Gasteiger partial charge in [0.1, 0.15) is 35.3 Å². The third-order valence-corrected chi connectivity index (χ3v) is 5.28. The van der Waals surface area contributed by atoms with Crippen molar-refractivity contribution in [2.45, 2.75) is 25.9 Å². The summed E-state index contributed by atoms with van der Waals surface area (Å²) in [4.78, 5) is 0. The van der Waals surface area contributed by atoms with E-state index in [9.17, 15) is 10.5 Å². The largest absolute Gasteiger partial charge is 0.493 e. The Labute approximate surface area is 182 Å². The van der Waals surface area contributed by atoms with Crippen LogP contribution >= 0.6 is 0 Å². The van der Waals surface area contributed by atoms with Crippen LogP contribution in [0.25, 0.3) is 5.57 Å². The minimum atomic E-state index is 0.0507. The Hall–Kier alpha value is -3.26. The Morgan fingerprint density at radius 2 is 1.74 bits per heavy atom. The molecule has 2 aliphatic rings. The average molecular weight is 421 g/mol. The summed E-state index contributed by atoms with van der Waals surface area (Å²) >= 11 is 0. The van der Waals surface area contributed by atoms with Gasteiger partial charge < -0.3 is 24.7 Å². The minimum Gasteiger partial charge on any atom is -0.493 e. The van der Waals surface area contributed by atoms with Crippen LogP contribution in [-0.2, 0) is 14.2 Å². The molecule has 2 saturated heterocycles. The lowest BCUT2D eigenvalue weighted by atomic mass is 9.92. The van der Waals surface area contributed by atoms with Gasteiger partial charge in [0.15, 0.2) is 0 Å². The number of nitrogens with zero attached hydrogens (tertiary/aromatic N) is 2. The van der Waals surface area contributed by atoms with E-state index in [0.717, 1.165) is 12.8 Å². The molecule has 7 nitrogen and oxygen atoms in total. The van der Waals surface area contributed by atoms with Crippen molar-refractivity contribution in [3.63, 3.8) is 0 Å². The molecule has 1 aromatic rings. The van der Waals surface area contributed by atoms with Gasteiger partial charge in [-0.25, -0.2) is 0 Å². The van der Waals surface area contributed by atoms with Gasteiger partial charge in [-0.1, -0.05) is 18.7 Å². The third-order valence-electron chi connectivity index (χ3n) is 5.28. The van der Waals surface area contributed by atoms with Crippen LogP contribution < -0.4 is 10.5 Å².